The molecule has 0 aliphatic carbocycles. The van der Waals surface area contributed by atoms with Crippen LogP contribution in [-0.2, 0) is 0 Å². The Morgan fingerprint density at radius 3 is 2.54 bits per heavy atom. The number of methoxy groups -OCH3 is 2. The van der Waals surface area contributed by atoms with E-state index in [1.807, 2.05) is 6.07 Å². The van der Waals surface area contributed by atoms with Gasteiger partial charge in [-0.1, -0.05) is 12.1 Å². The molecule has 4 rings (SSSR count). The average Bonchev–Trinajstić information content (AvgIpc) is 3.16. The second kappa shape index (κ2) is 6.44. The van der Waals surface area contributed by atoms with Gasteiger partial charge in [0.15, 0.2) is 11.5 Å². The van der Waals surface area contributed by atoms with Crippen LogP contribution in [0.4, 0.5) is 4.39 Å². The van der Waals surface area contributed by atoms with Crippen molar-refractivity contribution in [2.24, 2.45) is 0 Å². The molecule has 0 N–H and O–H groups in total. The summed E-state index contributed by atoms with van der Waals surface area (Å²) in [6.07, 6.45) is 4.90. The summed E-state index contributed by atoms with van der Waals surface area (Å²) in [5.41, 5.74) is 1.36. The quantitative estimate of drug-likeness (QED) is 0.562. The van der Waals surface area contributed by atoms with Crippen molar-refractivity contribution in [2.75, 3.05) is 14.2 Å². The molecule has 0 unspecified atom stereocenters. The number of benzene rings is 2. The first-order chi connectivity index (χ1) is 12.7. The third-order valence-corrected chi connectivity index (χ3v) is 4.07. The van der Waals surface area contributed by atoms with Gasteiger partial charge in [0.05, 0.1) is 19.7 Å². The van der Waals surface area contributed by atoms with Gasteiger partial charge in [-0.05, 0) is 18.2 Å². The molecule has 0 bridgehead atoms. The van der Waals surface area contributed by atoms with E-state index in [9.17, 15) is 4.39 Å². The number of fused-ring (bicyclic) bond motifs is 1. The van der Waals surface area contributed by atoms with Gasteiger partial charge in [-0.25, -0.2) is 19.3 Å². The normalized spacial score (nSPS) is 10.9. The van der Waals surface area contributed by atoms with Crippen LogP contribution >= 0.6 is 0 Å². The molecular weight excluding hydrogens is 335 g/mol. The molecule has 0 atom stereocenters. The highest BCUT2D eigenvalue weighted by molar-refractivity contribution is 5.89. The third kappa shape index (κ3) is 2.63. The van der Waals surface area contributed by atoms with Crippen LogP contribution in [0.5, 0.6) is 11.5 Å². The zero-order valence-electron chi connectivity index (χ0n) is 14.2. The lowest BCUT2D eigenvalue weighted by atomic mass is 10.2. The Balaban J connectivity index is 1.95. The fourth-order valence-electron chi connectivity index (χ4n) is 2.88. The number of aromatic nitrogens is 4. The van der Waals surface area contributed by atoms with E-state index >= 15 is 0 Å². The van der Waals surface area contributed by atoms with Crippen LogP contribution in [0.1, 0.15) is 0 Å². The van der Waals surface area contributed by atoms with Crippen LogP contribution < -0.4 is 9.47 Å². The number of hydrogen-bond donors (Lipinski definition) is 0. The summed E-state index contributed by atoms with van der Waals surface area (Å²) in [6.45, 7) is 0. The number of ether oxygens (including phenoxy) is 2. The van der Waals surface area contributed by atoms with Gasteiger partial charge in [-0.15, -0.1) is 0 Å². The van der Waals surface area contributed by atoms with Crippen LogP contribution in [0, 0.1) is 5.82 Å². The smallest absolute Gasteiger partial charge is 0.162 e. The van der Waals surface area contributed by atoms with Crippen molar-refractivity contribution in [2.45, 2.75) is 0 Å². The average molecular weight is 350 g/mol. The van der Waals surface area contributed by atoms with Gasteiger partial charge < -0.3 is 9.47 Å². The van der Waals surface area contributed by atoms with Crippen LogP contribution in [0.15, 0.2) is 55.1 Å². The summed E-state index contributed by atoms with van der Waals surface area (Å²) in [5, 5.41) is 0.765. The van der Waals surface area contributed by atoms with Crippen LogP contribution in [0.3, 0.4) is 0 Å². The first-order valence-corrected chi connectivity index (χ1v) is 7.87. The second-order valence-electron chi connectivity index (χ2n) is 5.55. The minimum absolute atomic E-state index is 0.323. The van der Waals surface area contributed by atoms with E-state index in [4.69, 9.17) is 9.47 Å². The molecule has 0 saturated heterocycles. The molecule has 0 fully saturated rings. The Bertz CT molecular complexity index is 1090. The van der Waals surface area contributed by atoms with Crippen LogP contribution in [0.2, 0.25) is 0 Å². The summed E-state index contributed by atoms with van der Waals surface area (Å²) in [5.74, 6) is 2.03. The maximum Gasteiger partial charge on any atom is 0.162 e. The van der Waals surface area contributed by atoms with Crippen LogP contribution in [-0.4, -0.2) is 33.7 Å². The molecule has 0 amide bonds. The Kier molecular flexibility index (Phi) is 3.96. The molecule has 130 valence electrons. The van der Waals surface area contributed by atoms with E-state index in [2.05, 4.69) is 15.0 Å². The lowest BCUT2D eigenvalue weighted by Crippen LogP contribution is -2.02. The second-order valence-corrected chi connectivity index (χ2v) is 5.55. The highest BCUT2D eigenvalue weighted by Crippen LogP contribution is 2.34. The molecule has 2 heterocycles. The zero-order valence-corrected chi connectivity index (χ0v) is 14.2. The van der Waals surface area contributed by atoms with Crippen molar-refractivity contribution >= 4 is 10.9 Å². The fourth-order valence-corrected chi connectivity index (χ4v) is 2.88. The predicted octanol–water partition coefficient (Wildman–Crippen LogP) is 3.64. The maximum absolute atomic E-state index is 13.6. The molecule has 0 aliphatic rings. The highest BCUT2D eigenvalue weighted by Gasteiger charge is 2.15. The minimum atomic E-state index is -0.323. The largest absolute Gasteiger partial charge is 0.493 e. The zero-order chi connectivity index (χ0) is 18.1. The number of nitrogens with zero attached hydrogens (tertiary/aromatic N) is 4. The number of halogens is 1. The predicted molar refractivity (Wildman–Crippen MR) is 95.2 cm³/mol. The summed E-state index contributed by atoms with van der Waals surface area (Å²) in [4.78, 5) is 13.1. The van der Waals surface area contributed by atoms with E-state index < -0.39 is 0 Å². The van der Waals surface area contributed by atoms with Gasteiger partial charge in [-0.3, -0.25) is 4.57 Å². The summed E-state index contributed by atoms with van der Waals surface area (Å²) >= 11 is 0. The van der Waals surface area contributed by atoms with Gasteiger partial charge in [0, 0.05) is 29.4 Å². The van der Waals surface area contributed by atoms with Gasteiger partial charge in [0.1, 0.15) is 23.8 Å². The van der Waals surface area contributed by atoms with Crippen molar-refractivity contribution in [3.8, 4) is 28.7 Å². The van der Waals surface area contributed by atoms with Crippen molar-refractivity contribution in [1.29, 1.82) is 0 Å². The van der Waals surface area contributed by atoms with Gasteiger partial charge >= 0.3 is 0 Å². The summed E-state index contributed by atoms with van der Waals surface area (Å²) in [6, 6.07) is 9.89. The van der Waals surface area contributed by atoms with Crippen molar-refractivity contribution < 1.29 is 13.9 Å². The maximum atomic E-state index is 13.6. The monoisotopic (exact) mass is 350 g/mol. The number of hydrogen-bond acceptors (Lipinski definition) is 5. The highest BCUT2D eigenvalue weighted by atomic mass is 19.1. The Morgan fingerprint density at radius 1 is 0.962 bits per heavy atom. The SMILES string of the molecule is COc1cc2ncnc(-n3ccnc3-c3cccc(F)c3)c2cc1OC. The molecule has 4 aromatic rings. The third-order valence-electron chi connectivity index (χ3n) is 4.07. The van der Waals surface area contributed by atoms with Crippen molar-refractivity contribution in [1.82, 2.24) is 19.5 Å². The van der Waals surface area contributed by atoms with Gasteiger partial charge in [-0.2, -0.15) is 0 Å². The topological polar surface area (TPSA) is 62.1 Å². The molecule has 0 saturated carbocycles. The molecule has 0 aliphatic heterocycles. The summed E-state index contributed by atoms with van der Waals surface area (Å²) in [7, 11) is 3.15. The molecule has 2 aromatic heterocycles. The van der Waals surface area contributed by atoms with E-state index in [1.165, 1.54) is 18.5 Å². The van der Waals surface area contributed by atoms with E-state index in [-0.39, 0.29) is 5.82 Å². The van der Waals surface area contributed by atoms with E-state index in [0.29, 0.717) is 34.2 Å². The molecule has 2 aromatic carbocycles. The number of imidazole rings is 1. The van der Waals surface area contributed by atoms with Gasteiger partial charge in [0.2, 0.25) is 0 Å². The Hall–Kier alpha value is -3.48. The number of rotatable bonds is 4. The van der Waals surface area contributed by atoms with E-state index in [0.717, 1.165) is 5.39 Å². The molecule has 26 heavy (non-hydrogen) atoms. The molecule has 0 spiro atoms. The van der Waals surface area contributed by atoms with Gasteiger partial charge in [0.25, 0.3) is 0 Å². The lowest BCUT2D eigenvalue weighted by molar-refractivity contribution is 0.355. The molecule has 7 heteroatoms. The standard InChI is InChI=1S/C19H15FN4O2/c1-25-16-9-14-15(10-17(16)26-2)22-11-23-19(14)24-7-6-21-18(24)12-4-3-5-13(20)8-12/h3-11H,1-2H3. The summed E-state index contributed by atoms with van der Waals surface area (Å²) < 4.78 is 26.2. The first-order valence-electron chi connectivity index (χ1n) is 7.87. The Morgan fingerprint density at radius 2 is 1.77 bits per heavy atom. The fraction of sp³-hybridized carbons (Fsp3) is 0.105. The lowest BCUT2D eigenvalue weighted by Gasteiger charge is -2.12. The molecule has 6 nitrogen and oxygen atoms in total. The van der Waals surface area contributed by atoms with Crippen molar-refractivity contribution in [3.63, 3.8) is 0 Å². The van der Waals surface area contributed by atoms with E-state index in [1.54, 1.807) is 49.4 Å². The minimum Gasteiger partial charge on any atom is -0.493 e. The molecule has 0 radical (unpaired) electrons. The van der Waals surface area contributed by atoms with Crippen molar-refractivity contribution in [3.05, 3.63) is 60.9 Å². The molecular formula is C19H15FN4O2. The first kappa shape index (κ1) is 16.0. The Labute approximate surface area is 148 Å². The van der Waals surface area contributed by atoms with Crippen LogP contribution in [0.25, 0.3) is 28.1 Å².